The fourth-order valence-corrected chi connectivity index (χ4v) is 4.34. The molecule has 4 atom stereocenters. The number of hydrogen-bond donors (Lipinski definition) is 2. The van der Waals surface area contributed by atoms with E-state index in [1.54, 1.807) is 11.8 Å². The van der Waals surface area contributed by atoms with Gasteiger partial charge in [-0.25, -0.2) is 0 Å². The topological polar surface area (TPSA) is 66.4 Å². The number of carboxylic acids is 1. The zero-order valence-corrected chi connectivity index (χ0v) is 12.2. The largest absolute Gasteiger partial charge is 0.481 e. The molecular weight excluding hydrogens is 262 g/mol. The summed E-state index contributed by atoms with van der Waals surface area (Å²) in [6, 6.07) is 0.235. The fraction of sp³-hybridized carbons (Fsp3) is 0.857. The summed E-state index contributed by atoms with van der Waals surface area (Å²) in [7, 11) is 0. The Balaban J connectivity index is 1.95. The van der Waals surface area contributed by atoms with E-state index in [-0.39, 0.29) is 17.9 Å². The van der Waals surface area contributed by atoms with Gasteiger partial charge in [-0.2, -0.15) is 11.8 Å². The molecule has 2 fully saturated rings. The van der Waals surface area contributed by atoms with Gasteiger partial charge in [-0.3, -0.25) is 9.59 Å². The molecule has 0 aromatic carbocycles. The Kier molecular flexibility index (Phi) is 5.13. The van der Waals surface area contributed by atoms with Gasteiger partial charge in [0.2, 0.25) is 5.91 Å². The lowest BCUT2D eigenvalue weighted by Gasteiger charge is -2.29. The first kappa shape index (κ1) is 14.7. The van der Waals surface area contributed by atoms with Crippen LogP contribution in [0.15, 0.2) is 0 Å². The smallest absolute Gasteiger partial charge is 0.307 e. The molecule has 4 unspecified atom stereocenters. The third kappa shape index (κ3) is 3.44. The first-order valence-electron chi connectivity index (χ1n) is 7.19. The Morgan fingerprint density at radius 2 is 1.74 bits per heavy atom. The van der Waals surface area contributed by atoms with Crippen LogP contribution in [-0.4, -0.2) is 34.5 Å². The molecule has 0 aromatic rings. The highest BCUT2D eigenvalue weighted by molar-refractivity contribution is 7.99. The molecule has 2 aliphatic carbocycles. The first-order chi connectivity index (χ1) is 9.13. The van der Waals surface area contributed by atoms with Crippen molar-refractivity contribution in [2.24, 2.45) is 11.8 Å². The van der Waals surface area contributed by atoms with Crippen LogP contribution in [0.5, 0.6) is 0 Å². The molecule has 0 aromatic heterocycles. The number of aliphatic carboxylic acids is 1. The SMILES string of the molecule is CSC1CCCC1NC(=O)C1CCCCC1C(=O)O. The van der Waals surface area contributed by atoms with Crippen LogP contribution in [0.4, 0.5) is 0 Å². The van der Waals surface area contributed by atoms with E-state index in [1.165, 1.54) is 0 Å². The van der Waals surface area contributed by atoms with Crippen molar-refractivity contribution >= 4 is 23.6 Å². The maximum Gasteiger partial charge on any atom is 0.307 e. The highest BCUT2D eigenvalue weighted by atomic mass is 32.2. The van der Waals surface area contributed by atoms with Crippen molar-refractivity contribution in [3.05, 3.63) is 0 Å². The molecule has 0 radical (unpaired) electrons. The van der Waals surface area contributed by atoms with Crippen molar-refractivity contribution < 1.29 is 14.7 Å². The van der Waals surface area contributed by atoms with E-state index in [2.05, 4.69) is 11.6 Å². The van der Waals surface area contributed by atoms with Gasteiger partial charge < -0.3 is 10.4 Å². The molecule has 108 valence electrons. The van der Waals surface area contributed by atoms with E-state index in [4.69, 9.17) is 0 Å². The third-order valence-corrected chi connectivity index (χ3v) is 5.67. The molecule has 0 bridgehead atoms. The summed E-state index contributed by atoms with van der Waals surface area (Å²) in [5.74, 6) is -1.65. The van der Waals surface area contributed by atoms with Crippen molar-refractivity contribution in [2.75, 3.05) is 6.26 Å². The molecule has 1 amide bonds. The van der Waals surface area contributed by atoms with E-state index in [0.717, 1.165) is 38.5 Å². The maximum absolute atomic E-state index is 12.3. The van der Waals surface area contributed by atoms with E-state index in [9.17, 15) is 14.7 Å². The third-order valence-electron chi connectivity index (χ3n) is 4.50. The molecule has 0 aliphatic heterocycles. The number of carbonyl (C=O) groups excluding carboxylic acids is 1. The minimum Gasteiger partial charge on any atom is -0.481 e. The Labute approximate surface area is 118 Å². The summed E-state index contributed by atoms with van der Waals surface area (Å²) in [4.78, 5) is 23.6. The summed E-state index contributed by atoms with van der Waals surface area (Å²) < 4.78 is 0. The van der Waals surface area contributed by atoms with Crippen molar-refractivity contribution in [3.63, 3.8) is 0 Å². The highest BCUT2D eigenvalue weighted by Crippen LogP contribution is 2.32. The highest BCUT2D eigenvalue weighted by Gasteiger charge is 2.37. The lowest BCUT2D eigenvalue weighted by molar-refractivity contribution is -0.149. The fourth-order valence-electron chi connectivity index (χ4n) is 3.40. The number of hydrogen-bond acceptors (Lipinski definition) is 3. The Hall–Kier alpha value is -0.710. The van der Waals surface area contributed by atoms with Crippen LogP contribution >= 0.6 is 11.8 Å². The van der Waals surface area contributed by atoms with E-state index < -0.39 is 11.9 Å². The van der Waals surface area contributed by atoms with E-state index >= 15 is 0 Å². The van der Waals surface area contributed by atoms with Crippen molar-refractivity contribution in [3.8, 4) is 0 Å². The standard InChI is InChI=1S/C14H23NO3S/c1-19-12-8-4-7-11(12)15-13(16)9-5-2-3-6-10(9)14(17)18/h9-12H,2-8H2,1H3,(H,15,16)(H,17,18). The van der Waals surface area contributed by atoms with Crippen molar-refractivity contribution in [1.82, 2.24) is 5.32 Å². The average Bonchev–Trinajstić information content (AvgIpc) is 2.85. The zero-order chi connectivity index (χ0) is 13.8. The van der Waals surface area contributed by atoms with E-state index in [0.29, 0.717) is 11.7 Å². The zero-order valence-electron chi connectivity index (χ0n) is 11.4. The lowest BCUT2D eigenvalue weighted by Crippen LogP contribution is -2.45. The Morgan fingerprint density at radius 3 is 2.37 bits per heavy atom. The summed E-state index contributed by atoms with van der Waals surface area (Å²) in [6.07, 6.45) is 8.68. The van der Waals surface area contributed by atoms with Gasteiger partial charge in [-0.1, -0.05) is 19.3 Å². The molecule has 2 N–H and O–H groups in total. The van der Waals surface area contributed by atoms with Gasteiger partial charge >= 0.3 is 5.97 Å². The summed E-state index contributed by atoms with van der Waals surface area (Å²) in [6.45, 7) is 0. The van der Waals surface area contributed by atoms with Crippen LogP contribution in [0.2, 0.25) is 0 Å². The van der Waals surface area contributed by atoms with Gasteiger partial charge in [0.1, 0.15) is 0 Å². The number of amides is 1. The predicted molar refractivity (Wildman–Crippen MR) is 76.2 cm³/mol. The molecule has 4 nitrogen and oxygen atoms in total. The van der Waals surface area contributed by atoms with Crippen molar-refractivity contribution in [2.45, 2.75) is 56.2 Å². The summed E-state index contributed by atoms with van der Waals surface area (Å²) in [5.41, 5.74) is 0. The number of thioether (sulfide) groups is 1. The summed E-state index contributed by atoms with van der Waals surface area (Å²) in [5, 5.41) is 12.8. The number of carboxylic acid groups (broad SMARTS) is 1. The quantitative estimate of drug-likeness (QED) is 0.831. The minimum absolute atomic E-state index is 0.0296. The van der Waals surface area contributed by atoms with Gasteiger partial charge in [0.15, 0.2) is 0 Å². The molecule has 0 heterocycles. The van der Waals surface area contributed by atoms with E-state index in [1.807, 2.05) is 0 Å². The van der Waals surface area contributed by atoms with Crippen LogP contribution in [0.25, 0.3) is 0 Å². The molecule has 19 heavy (non-hydrogen) atoms. The molecule has 2 aliphatic rings. The van der Waals surface area contributed by atoms with Crippen LogP contribution in [0, 0.1) is 11.8 Å². The molecule has 0 spiro atoms. The minimum atomic E-state index is -0.812. The second-order valence-electron chi connectivity index (χ2n) is 5.66. The molecule has 2 saturated carbocycles. The van der Waals surface area contributed by atoms with Crippen LogP contribution < -0.4 is 5.32 Å². The van der Waals surface area contributed by atoms with Gasteiger partial charge in [-0.05, 0) is 31.9 Å². The van der Waals surface area contributed by atoms with Crippen molar-refractivity contribution in [1.29, 1.82) is 0 Å². The van der Waals surface area contributed by atoms with Crippen LogP contribution in [0.1, 0.15) is 44.9 Å². The normalized spacial score (nSPS) is 35.0. The number of rotatable bonds is 4. The number of nitrogens with one attached hydrogen (secondary N) is 1. The van der Waals surface area contributed by atoms with Gasteiger partial charge in [0.05, 0.1) is 11.8 Å². The second-order valence-corrected chi connectivity index (χ2v) is 6.73. The predicted octanol–water partition coefficient (Wildman–Crippen LogP) is 2.28. The molecular formula is C14H23NO3S. The molecule has 2 rings (SSSR count). The Bertz CT molecular complexity index is 348. The Morgan fingerprint density at radius 1 is 1.05 bits per heavy atom. The van der Waals surface area contributed by atoms with Crippen LogP contribution in [-0.2, 0) is 9.59 Å². The number of carbonyl (C=O) groups is 2. The lowest BCUT2D eigenvalue weighted by atomic mass is 9.78. The molecule has 0 saturated heterocycles. The average molecular weight is 285 g/mol. The van der Waals surface area contributed by atoms with Gasteiger partial charge in [-0.15, -0.1) is 0 Å². The van der Waals surface area contributed by atoms with Gasteiger partial charge in [0, 0.05) is 11.3 Å². The molecule has 5 heteroatoms. The second kappa shape index (κ2) is 6.64. The van der Waals surface area contributed by atoms with Gasteiger partial charge in [0.25, 0.3) is 0 Å². The summed E-state index contributed by atoms with van der Waals surface area (Å²) >= 11 is 1.81. The van der Waals surface area contributed by atoms with Crippen LogP contribution in [0.3, 0.4) is 0 Å². The maximum atomic E-state index is 12.3. The monoisotopic (exact) mass is 285 g/mol. The first-order valence-corrected chi connectivity index (χ1v) is 8.48.